The molecule has 70 valence electrons. The van der Waals surface area contributed by atoms with Gasteiger partial charge in [-0.2, -0.15) is 0 Å². The average molecular weight is 197 g/mol. The summed E-state index contributed by atoms with van der Waals surface area (Å²) in [6.45, 7) is 2.53. The molecule has 1 aliphatic rings. The van der Waals surface area contributed by atoms with Gasteiger partial charge in [-0.25, -0.2) is 4.21 Å². The van der Waals surface area contributed by atoms with E-state index < -0.39 is 11.3 Å². The second kappa shape index (κ2) is 3.47. The fraction of sp³-hybridized carbons (Fsp3) is 0.333. The van der Waals surface area contributed by atoms with Gasteiger partial charge >= 0.3 is 0 Å². The molecule has 13 heavy (non-hydrogen) atoms. The van der Waals surface area contributed by atoms with Crippen LogP contribution in [0.5, 0.6) is 0 Å². The molecule has 3 nitrogen and oxygen atoms in total. The molecule has 4 heteroatoms. The third-order valence-electron chi connectivity index (χ3n) is 1.98. The van der Waals surface area contributed by atoms with Crippen LogP contribution in [0.2, 0.25) is 0 Å². The molecular weight excluding hydrogens is 186 g/mol. The van der Waals surface area contributed by atoms with Gasteiger partial charge in [-0.05, 0) is 19.1 Å². The minimum atomic E-state index is -1.31. The van der Waals surface area contributed by atoms with Crippen LogP contribution in [-0.4, -0.2) is 16.9 Å². The quantitative estimate of drug-likeness (QED) is 0.682. The van der Waals surface area contributed by atoms with Crippen LogP contribution in [0.15, 0.2) is 30.3 Å². The third kappa shape index (κ3) is 1.59. The third-order valence-corrected chi connectivity index (χ3v) is 3.21. The zero-order valence-electron chi connectivity index (χ0n) is 7.34. The lowest BCUT2D eigenvalue weighted by atomic mass is 10.3. The number of rotatable bonds is 1. The molecule has 0 aromatic heterocycles. The Labute approximate surface area is 80.1 Å². The van der Waals surface area contributed by atoms with Crippen molar-refractivity contribution in [1.82, 2.24) is 0 Å². The fourth-order valence-electron chi connectivity index (χ4n) is 1.34. The van der Waals surface area contributed by atoms with Crippen LogP contribution in [0.25, 0.3) is 0 Å². The van der Waals surface area contributed by atoms with Gasteiger partial charge in [0.25, 0.3) is 11.3 Å². The molecule has 1 heterocycles. The summed E-state index contributed by atoms with van der Waals surface area (Å²) in [6.07, 6.45) is 0. The maximum absolute atomic E-state index is 11.4. The Morgan fingerprint density at radius 2 is 2.15 bits per heavy atom. The van der Waals surface area contributed by atoms with Crippen molar-refractivity contribution in [3.8, 4) is 0 Å². The molecule has 1 aliphatic heterocycles. The van der Waals surface area contributed by atoms with E-state index in [1.54, 1.807) is 4.31 Å². The zero-order chi connectivity index (χ0) is 9.26. The molecule has 0 saturated carbocycles. The highest BCUT2D eigenvalue weighted by molar-refractivity contribution is 7.82. The van der Waals surface area contributed by atoms with Crippen molar-refractivity contribution in [3.05, 3.63) is 30.3 Å². The van der Waals surface area contributed by atoms with Crippen molar-refractivity contribution in [1.29, 1.82) is 0 Å². The summed E-state index contributed by atoms with van der Waals surface area (Å²) < 4.78 is 18.2. The fourth-order valence-corrected chi connectivity index (χ4v) is 2.42. The minimum absolute atomic E-state index is 0.184. The lowest BCUT2D eigenvalue weighted by Gasteiger charge is -2.18. The predicted octanol–water partition coefficient (Wildman–Crippen LogP) is 1.49. The number of nitrogens with zero attached hydrogens (tertiary/aromatic N) is 1. The largest absolute Gasteiger partial charge is 0.272 e. The Hall–Kier alpha value is -0.870. The van der Waals surface area contributed by atoms with E-state index in [1.165, 1.54) is 0 Å². The van der Waals surface area contributed by atoms with Gasteiger partial charge in [-0.15, -0.1) is 0 Å². The van der Waals surface area contributed by atoms with E-state index >= 15 is 0 Å². The Balaban J connectivity index is 2.30. The minimum Gasteiger partial charge on any atom is -0.272 e. The van der Waals surface area contributed by atoms with Crippen LogP contribution in [-0.2, 0) is 15.4 Å². The SMILES string of the molecule is C[C@H]1CO[S@@](=O)N1c1ccccc1. The Morgan fingerprint density at radius 1 is 1.46 bits per heavy atom. The van der Waals surface area contributed by atoms with Crippen LogP contribution in [0.1, 0.15) is 6.92 Å². The van der Waals surface area contributed by atoms with Crippen molar-refractivity contribution in [3.63, 3.8) is 0 Å². The van der Waals surface area contributed by atoms with Gasteiger partial charge in [0, 0.05) is 0 Å². The average Bonchev–Trinajstić information content (AvgIpc) is 2.48. The van der Waals surface area contributed by atoms with Gasteiger partial charge in [0.15, 0.2) is 0 Å². The number of para-hydroxylation sites is 1. The monoisotopic (exact) mass is 197 g/mol. The lowest BCUT2D eigenvalue weighted by Crippen LogP contribution is -2.28. The molecule has 0 radical (unpaired) electrons. The predicted molar refractivity (Wildman–Crippen MR) is 52.5 cm³/mol. The highest BCUT2D eigenvalue weighted by Gasteiger charge is 2.28. The van der Waals surface area contributed by atoms with Gasteiger partial charge in [0.1, 0.15) is 0 Å². The summed E-state index contributed by atoms with van der Waals surface area (Å²) in [5, 5.41) is 0. The van der Waals surface area contributed by atoms with Crippen molar-refractivity contribution in [2.75, 3.05) is 10.9 Å². The first kappa shape index (κ1) is 8.72. The Bertz CT molecular complexity index is 315. The van der Waals surface area contributed by atoms with E-state index in [1.807, 2.05) is 37.3 Å². The van der Waals surface area contributed by atoms with E-state index in [4.69, 9.17) is 4.18 Å². The Kier molecular flexibility index (Phi) is 2.33. The number of benzene rings is 1. The molecule has 0 spiro atoms. The van der Waals surface area contributed by atoms with Gasteiger partial charge < -0.3 is 0 Å². The normalized spacial score (nSPS) is 27.9. The summed E-state index contributed by atoms with van der Waals surface area (Å²) >= 11 is -1.31. The van der Waals surface area contributed by atoms with Crippen LogP contribution in [0.3, 0.4) is 0 Å². The van der Waals surface area contributed by atoms with Gasteiger partial charge in [0.2, 0.25) is 0 Å². The topological polar surface area (TPSA) is 29.5 Å². The van der Waals surface area contributed by atoms with Gasteiger partial charge in [0.05, 0.1) is 18.3 Å². The standard InChI is InChI=1S/C9H11NO2S/c1-8-7-12-13(11)10(8)9-5-3-2-4-6-9/h2-6,8H,7H2,1H3/t8-,13+/m0/s1. The number of hydrogen-bond donors (Lipinski definition) is 0. The lowest BCUT2D eigenvalue weighted by molar-refractivity contribution is 0.366. The molecule has 1 fully saturated rings. The van der Waals surface area contributed by atoms with E-state index in [2.05, 4.69) is 0 Å². The van der Waals surface area contributed by atoms with Crippen molar-refractivity contribution < 1.29 is 8.39 Å². The van der Waals surface area contributed by atoms with Crippen LogP contribution < -0.4 is 4.31 Å². The molecule has 0 aliphatic carbocycles. The number of anilines is 1. The highest BCUT2D eigenvalue weighted by atomic mass is 32.2. The summed E-state index contributed by atoms with van der Waals surface area (Å²) in [6, 6.07) is 9.85. The summed E-state index contributed by atoms with van der Waals surface area (Å²) in [4.78, 5) is 0. The molecular formula is C9H11NO2S. The molecule has 0 amide bonds. The van der Waals surface area contributed by atoms with Crippen LogP contribution in [0.4, 0.5) is 5.69 Å². The first-order valence-electron chi connectivity index (χ1n) is 4.18. The van der Waals surface area contributed by atoms with E-state index in [-0.39, 0.29) is 6.04 Å². The number of hydrogen-bond acceptors (Lipinski definition) is 2. The van der Waals surface area contributed by atoms with Crippen molar-refractivity contribution in [2.45, 2.75) is 13.0 Å². The van der Waals surface area contributed by atoms with Crippen LogP contribution >= 0.6 is 0 Å². The molecule has 1 aromatic carbocycles. The summed E-state index contributed by atoms with van der Waals surface area (Å²) in [5.74, 6) is 0. The molecule has 0 unspecified atom stereocenters. The summed E-state index contributed by atoms with van der Waals surface area (Å²) in [7, 11) is 0. The second-order valence-electron chi connectivity index (χ2n) is 3.01. The zero-order valence-corrected chi connectivity index (χ0v) is 8.16. The first-order valence-corrected chi connectivity index (χ1v) is 5.21. The van der Waals surface area contributed by atoms with E-state index in [0.717, 1.165) is 5.69 Å². The molecule has 2 atom stereocenters. The first-order chi connectivity index (χ1) is 6.29. The molecule has 1 aromatic rings. The molecule has 1 saturated heterocycles. The van der Waals surface area contributed by atoms with E-state index in [0.29, 0.717) is 6.61 Å². The highest BCUT2D eigenvalue weighted by Crippen LogP contribution is 2.23. The molecule has 0 bridgehead atoms. The maximum atomic E-state index is 11.4. The molecule has 0 N–H and O–H groups in total. The van der Waals surface area contributed by atoms with E-state index in [9.17, 15) is 4.21 Å². The van der Waals surface area contributed by atoms with Gasteiger partial charge in [-0.1, -0.05) is 18.2 Å². The maximum Gasteiger partial charge on any atom is 0.264 e. The summed E-state index contributed by atoms with van der Waals surface area (Å²) in [5.41, 5.74) is 0.950. The molecule has 2 rings (SSSR count). The second-order valence-corrected chi connectivity index (χ2v) is 4.08. The van der Waals surface area contributed by atoms with Crippen molar-refractivity contribution >= 4 is 17.0 Å². The van der Waals surface area contributed by atoms with Gasteiger partial charge in [-0.3, -0.25) is 8.49 Å². The Morgan fingerprint density at radius 3 is 2.69 bits per heavy atom. The van der Waals surface area contributed by atoms with Crippen LogP contribution in [0, 0.1) is 0 Å². The van der Waals surface area contributed by atoms with Crippen molar-refractivity contribution in [2.24, 2.45) is 0 Å². The smallest absolute Gasteiger partial charge is 0.264 e.